The molecule has 2 aromatic rings. The van der Waals surface area contributed by atoms with Crippen LogP contribution in [0.3, 0.4) is 0 Å². The molecule has 0 fully saturated rings. The van der Waals surface area contributed by atoms with E-state index in [-0.39, 0.29) is 16.9 Å². The maximum atomic E-state index is 12.2. The summed E-state index contributed by atoms with van der Waals surface area (Å²) in [4.78, 5) is 28.1. The van der Waals surface area contributed by atoms with E-state index >= 15 is 0 Å². The number of amides is 1. The molecule has 0 bridgehead atoms. The van der Waals surface area contributed by atoms with E-state index in [9.17, 15) is 9.59 Å². The number of aromatic nitrogens is 1. The molecule has 0 aliphatic rings. The number of hydrogen-bond acceptors (Lipinski definition) is 5. The summed E-state index contributed by atoms with van der Waals surface area (Å²) in [5.74, 6) is -1.03. The molecule has 0 aliphatic heterocycles. The fourth-order valence-electron chi connectivity index (χ4n) is 1.92. The van der Waals surface area contributed by atoms with Gasteiger partial charge in [0.15, 0.2) is 5.69 Å². The summed E-state index contributed by atoms with van der Waals surface area (Å²) in [5, 5.41) is 13.8. The molecule has 1 aromatic carbocycles. The Hall–Kier alpha value is -1.86. The molecule has 1 atom stereocenters. The zero-order chi connectivity index (χ0) is 16.7. The van der Waals surface area contributed by atoms with E-state index in [1.54, 1.807) is 11.8 Å². The second-order valence-electron chi connectivity index (χ2n) is 4.80. The van der Waals surface area contributed by atoms with Gasteiger partial charge in [-0.2, -0.15) is 0 Å². The monoisotopic (exact) mass is 350 g/mol. The number of hydrogen-bond donors (Lipinski definition) is 2. The first-order valence-corrected chi connectivity index (χ1v) is 9.03. The van der Waals surface area contributed by atoms with Crippen molar-refractivity contribution in [2.24, 2.45) is 0 Å². The van der Waals surface area contributed by atoms with Gasteiger partial charge >= 0.3 is 5.97 Å². The van der Waals surface area contributed by atoms with E-state index in [1.807, 2.05) is 37.3 Å². The number of thioether (sulfide) groups is 1. The third kappa shape index (κ3) is 5.37. The molecule has 1 amide bonds. The number of aromatic carboxylic acids is 1. The Labute approximate surface area is 143 Å². The molecule has 7 heteroatoms. The van der Waals surface area contributed by atoms with Crippen molar-refractivity contribution >= 4 is 35.0 Å². The largest absolute Gasteiger partial charge is 0.476 e. The molecule has 1 unspecified atom stereocenters. The zero-order valence-corrected chi connectivity index (χ0v) is 14.3. The molecule has 1 heterocycles. The Bertz CT molecular complexity index is 658. The van der Waals surface area contributed by atoms with Crippen LogP contribution in [-0.4, -0.2) is 33.8 Å². The summed E-state index contributed by atoms with van der Waals surface area (Å²) in [6.07, 6.45) is 1.28. The lowest BCUT2D eigenvalue weighted by molar-refractivity contribution is -0.120. The molecule has 0 saturated carbocycles. The quantitative estimate of drug-likeness (QED) is 0.715. The van der Waals surface area contributed by atoms with Gasteiger partial charge in [-0.25, -0.2) is 9.78 Å². The number of benzene rings is 1. The number of rotatable bonds is 8. The Balaban J connectivity index is 1.81. The van der Waals surface area contributed by atoms with Crippen LogP contribution in [-0.2, 0) is 11.2 Å². The van der Waals surface area contributed by atoms with Crippen LogP contribution in [0.4, 0.5) is 0 Å². The van der Waals surface area contributed by atoms with Crippen LogP contribution < -0.4 is 5.32 Å². The van der Waals surface area contributed by atoms with Crippen molar-refractivity contribution in [2.45, 2.75) is 29.9 Å². The van der Waals surface area contributed by atoms with Crippen LogP contribution in [0.25, 0.3) is 0 Å². The molecule has 0 radical (unpaired) electrons. The summed E-state index contributed by atoms with van der Waals surface area (Å²) in [6.45, 7) is 2.44. The summed E-state index contributed by atoms with van der Waals surface area (Å²) in [7, 11) is 0. The first-order chi connectivity index (χ1) is 11.1. The van der Waals surface area contributed by atoms with Gasteiger partial charge in [-0.3, -0.25) is 4.79 Å². The molecule has 0 saturated heterocycles. The highest BCUT2D eigenvalue weighted by Crippen LogP contribution is 2.25. The van der Waals surface area contributed by atoms with E-state index in [0.29, 0.717) is 18.0 Å². The van der Waals surface area contributed by atoms with E-state index in [1.165, 1.54) is 16.7 Å². The highest BCUT2D eigenvalue weighted by atomic mass is 32.2. The van der Waals surface area contributed by atoms with Crippen LogP contribution in [0, 0.1) is 0 Å². The van der Waals surface area contributed by atoms with E-state index < -0.39 is 5.97 Å². The van der Waals surface area contributed by atoms with Gasteiger partial charge in [-0.05, 0) is 18.6 Å². The van der Waals surface area contributed by atoms with Gasteiger partial charge in [-0.15, -0.1) is 23.1 Å². The molecule has 5 nitrogen and oxygen atoms in total. The summed E-state index contributed by atoms with van der Waals surface area (Å²) in [6, 6.07) is 9.84. The predicted octanol–water partition coefficient (Wildman–Crippen LogP) is 3.07. The number of carboxylic acids is 1. The van der Waals surface area contributed by atoms with Gasteiger partial charge < -0.3 is 10.4 Å². The number of carbonyl (C=O) groups excluding carboxylic acids is 1. The van der Waals surface area contributed by atoms with Crippen molar-refractivity contribution < 1.29 is 14.7 Å². The zero-order valence-electron chi connectivity index (χ0n) is 12.7. The van der Waals surface area contributed by atoms with Crippen molar-refractivity contribution in [3.8, 4) is 0 Å². The SMILES string of the molecule is CCC(Sc1ccccc1)C(=O)NCCc1nc(C(=O)O)cs1. The minimum absolute atomic E-state index is 0.00336. The fraction of sp³-hybridized carbons (Fsp3) is 0.312. The number of nitrogens with zero attached hydrogens (tertiary/aromatic N) is 1. The molecule has 2 rings (SSSR count). The molecule has 0 aliphatic carbocycles. The highest BCUT2D eigenvalue weighted by molar-refractivity contribution is 8.00. The van der Waals surface area contributed by atoms with Gasteiger partial charge in [0.05, 0.1) is 10.3 Å². The van der Waals surface area contributed by atoms with E-state index in [2.05, 4.69) is 10.3 Å². The average molecular weight is 350 g/mol. The molecule has 2 N–H and O–H groups in total. The van der Waals surface area contributed by atoms with Crippen LogP contribution in [0.15, 0.2) is 40.6 Å². The summed E-state index contributed by atoms with van der Waals surface area (Å²) >= 11 is 2.85. The van der Waals surface area contributed by atoms with Crippen LogP contribution in [0.5, 0.6) is 0 Å². The molecular formula is C16H18N2O3S2. The Morgan fingerprint density at radius 2 is 2.09 bits per heavy atom. The standard InChI is InChI=1S/C16H18N2O3S2/c1-2-13(23-11-6-4-3-5-7-11)15(19)17-9-8-14-18-12(10-22-14)16(20)21/h3-7,10,13H,2,8-9H2,1H3,(H,17,19)(H,20,21). The lowest BCUT2D eigenvalue weighted by Gasteiger charge is -2.14. The third-order valence-electron chi connectivity index (χ3n) is 3.09. The highest BCUT2D eigenvalue weighted by Gasteiger charge is 2.17. The van der Waals surface area contributed by atoms with Crippen molar-refractivity contribution in [2.75, 3.05) is 6.54 Å². The minimum Gasteiger partial charge on any atom is -0.476 e. The van der Waals surface area contributed by atoms with Crippen molar-refractivity contribution in [1.82, 2.24) is 10.3 Å². The molecule has 1 aromatic heterocycles. The van der Waals surface area contributed by atoms with Crippen LogP contribution in [0.2, 0.25) is 0 Å². The second kappa shape index (κ2) is 8.69. The normalized spacial score (nSPS) is 11.9. The minimum atomic E-state index is -1.03. The first kappa shape index (κ1) is 17.5. The summed E-state index contributed by atoms with van der Waals surface area (Å²) in [5.41, 5.74) is 0.0578. The van der Waals surface area contributed by atoms with Gasteiger partial charge in [0.2, 0.25) is 5.91 Å². The lowest BCUT2D eigenvalue weighted by Crippen LogP contribution is -2.33. The Kier molecular flexibility index (Phi) is 6.61. The van der Waals surface area contributed by atoms with Crippen LogP contribution in [0.1, 0.15) is 28.8 Å². The summed E-state index contributed by atoms with van der Waals surface area (Å²) < 4.78 is 0. The van der Waals surface area contributed by atoms with E-state index in [4.69, 9.17) is 5.11 Å². The van der Waals surface area contributed by atoms with Gasteiger partial charge in [0.25, 0.3) is 0 Å². The molecule has 23 heavy (non-hydrogen) atoms. The third-order valence-corrected chi connectivity index (χ3v) is 5.38. The van der Waals surface area contributed by atoms with Crippen molar-refractivity contribution in [3.05, 3.63) is 46.4 Å². The van der Waals surface area contributed by atoms with Crippen LogP contribution >= 0.6 is 23.1 Å². The Morgan fingerprint density at radius 3 is 2.70 bits per heavy atom. The average Bonchev–Trinajstić information content (AvgIpc) is 3.02. The van der Waals surface area contributed by atoms with Gasteiger partial charge in [0.1, 0.15) is 0 Å². The van der Waals surface area contributed by atoms with E-state index in [0.717, 1.165) is 11.3 Å². The number of carbonyl (C=O) groups is 2. The first-order valence-electron chi connectivity index (χ1n) is 7.27. The molecular weight excluding hydrogens is 332 g/mol. The maximum absolute atomic E-state index is 12.2. The number of thiazole rings is 1. The molecule has 0 spiro atoms. The predicted molar refractivity (Wildman–Crippen MR) is 92.2 cm³/mol. The van der Waals surface area contributed by atoms with Gasteiger partial charge in [-0.1, -0.05) is 25.1 Å². The number of nitrogens with one attached hydrogen (secondary N) is 1. The molecule has 122 valence electrons. The fourth-order valence-corrected chi connectivity index (χ4v) is 3.69. The smallest absolute Gasteiger partial charge is 0.355 e. The lowest BCUT2D eigenvalue weighted by atomic mass is 10.3. The maximum Gasteiger partial charge on any atom is 0.355 e. The topological polar surface area (TPSA) is 79.3 Å². The Morgan fingerprint density at radius 1 is 1.35 bits per heavy atom. The number of carboxylic acid groups (broad SMARTS) is 1. The van der Waals surface area contributed by atoms with Crippen molar-refractivity contribution in [1.29, 1.82) is 0 Å². The second-order valence-corrected chi connectivity index (χ2v) is 7.02. The van der Waals surface area contributed by atoms with Gasteiger partial charge in [0, 0.05) is 23.2 Å². The van der Waals surface area contributed by atoms with Crippen molar-refractivity contribution in [3.63, 3.8) is 0 Å².